The molecule has 2 aromatic rings. The molecular formula is C14H11ClN4O2S. The highest BCUT2D eigenvalue weighted by molar-refractivity contribution is 7.82. The van der Waals surface area contributed by atoms with Crippen molar-refractivity contribution in [2.24, 2.45) is 0 Å². The van der Waals surface area contributed by atoms with Crippen LogP contribution in [0.2, 0.25) is 5.28 Å². The lowest BCUT2D eigenvalue weighted by atomic mass is 10.1. The number of H-pyrrole nitrogens is 1. The molecule has 0 amide bonds. The molecule has 0 aliphatic heterocycles. The van der Waals surface area contributed by atoms with Gasteiger partial charge in [-0.15, -0.1) is 0 Å². The number of thiol groups is 1. The molecule has 0 spiro atoms. The second-order valence-corrected chi connectivity index (χ2v) is 6.35. The van der Waals surface area contributed by atoms with Gasteiger partial charge in [0.25, 0.3) is 5.70 Å². The van der Waals surface area contributed by atoms with Crippen molar-refractivity contribution in [3.63, 3.8) is 0 Å². The molecule has 1 atom stereocenters. The van der Waals surface area contributed by atoms with Crippen molar-refractivity contribution in [3.8, 4) is 11.3 Å². The summed E-state index contributed by atoms with van der Waals surface area (Å²) in [5.74, 6) is 0. The van der Waals surface area contributed by atoms with Gasteiger partial charge in [-0.25, -0.2) is 9.97 Å². The van der Waals surface area contributed by atoms with Crippen molar-refractivity contribution >= 4 is 36.0 Å². The molecule has 1 unspecified atom stereocenters. The molecular weight excluding hydrogens is 324 g/mol. The molecule has 1 aliphatic rings. The van der Waals surface area contributed by atoms with Crippen LogP contribution >= 0.6 is 24.2 Å². The van der Waals surface area contributed by atoms with Crippen LogP contribution in [0, 0.1) is 10.1 Å². The number of nitrogens with zero attached hydrogens (tertiary/aromatic N) is 3. The van der Waals surface area contributed by atoms with E-state index in [9.17, 15) is 10.1 Å². The van der Waals surface area contributed by atoms with Crippen LogP contribution in [0.4, 0.5) is 0 Å². The van der Waals surface area contributed by atoms with E-state index in [1.165, 1.54) is 12.3 Å². The van der Waals surface area contributed by atoms with Crippen LogP contribution in [0.25, 0.3) is 23.0 Å². The number of hydrogen-bond acceptors (Lipinski definition) is 5. The van der Waals surface area contributed by atoms with E-state index in [1.807, 2.05) is 0 Å². The maximum absolute atomic E-state index is 11.4. The molecule has 112 valence electrons. The summed E-state index contributed by atoms with van der Waals surface area (Å²) in [7, 11) is 0. The zero-order valence-electron chi connectivity index (χ0n) is 11.4. The van der Waals surface area contributed by atoms with Gasteiger partial charge in [0.15, 0.2) is 0 Å². The lowest BCUT2D eigenvalue weighted by molar-refractivity contribution is -0.376. The van der Waals surface area contributed by atoms with Crippen LogP contribution in [-0.4, -0.2) is 24.6 Å². The summed E-state index contributed by atoms with van der Waals surface area (Å²) in [6, 6.07) is 1.70. The molecule has 1 N–H and O–H groups in total. The summed E-state index contributed by atoms with van der Waals surface area (Å²) in [4.78, 5) is 21.9. The van der Waals surface area contributed by atoms with Crippen LogP contribution < -0.4 is 0 Å². The minimum Gasteiger partial charge on any atom is -0.355 e. The maximum Gasteiger partial charge on any atom is 0.291 e. The van der Waals surface area contributed by atoms with Gasteiger partial charge in [-0.05, 0) is 24.6 Å². The average Bonchev–Trinajstić information content (AvgIpc) is 2.80. The average molecular weight is 335 g/mol. The first-order valence-corrected chi connectivity index (χ1v) is 7.19. The van der Waals surface area contributed by atoms with E-state index in [-0.39, 0.29) is 11.0 Å². The summed E-state index contributed by atoms with van der Waals surface area (Å²) in [6.07, 6.45) is 8.32. The van der Waals surface area contributed by atoms with Gasteiger partial charge in [0.05, 0.1) is 15.4 Å². The molecule has 3 rings (SSSR count). The lowest BCUT2D eigenvalue weighted by Crippen LogP contribution is -2.10. The zero-order chi connectivity index (χ0) is 15.9. The Balaban J connectivity index is 2.22. The van der Waals surface area contributed by atoms with E-state index in [0.29, 0.717) is 22.5 Å². The smallest absolute Gasteiger partial charge is 0.291 e. The van der Waals surface area contributed by atoms with E-state index in [2.05, 4.69) is 27.6 Å². The molecule has 0 bridgehead atoms. The predicted octanol–water partition coefficient (Wildman–Crippen LogP) is 3.46. The Morgan fingerprint density at radius 2 is 2.27 bits per heavy atom. The normalized spacial score (nSPS) is 20.2. The van der Waals surface area contributed by atoms with Gasteiger partial charge in [-0.2, -0.15) is 12.6 Å². The molecule has 0 fully saturated rings. The number of halogens is 1. The SMILES string of the molecule is CC1(S)C=Cc2c(-c3ccnc(Cl)n3)c[nH]c2C([N+](=O)[O-])=C1. The Labute approximate surface area is 136 Å². The molecule has 1 aliphatic carbocycles. The first kappa shape index (κ1) is 14.8. The van der Waals surface area contributed by atoms with Crippen molar-refractivity contribution in [1.29, 1.82) is 0 Å². The number of nitrogens with one attached hydrogen (secondary N) is 1. The number of hydrogen-bond donors (Lipinski definition) is 2. The summed E-state index contributed by atoms with van der Waals surface area (Å²) < 4.78 is -0.719. The Bertz CT molecular complexity index is 826. The second kappa shape index (κ2) is 5.26. The van der Waals surface area contributed by atoms with Crippen LogP contribution in [0.1, 0.15) is 18.2 Å². The van der Waals surface area contributed by atoms with Gasteiger partial charge in [-0.1, -0.05) is 12.2 Å². The molecule has 2 heterocycles. The molecule has 0 radical (unpaired) electrons. The molecule has 0 saturated carbocycles. The van der Waals surface area contributed by atoms with Crippen LogP contribution in [0.15, 0.2) is 30.6 Å². The molecule has 0 aromatic carbocycles. The van der Waals surface area contributed by atoms with Crippen molar-refractivity contribution in [2.75, 3.05) is 0 Å². The van der Waals surface area contributed by atoms with E-state index in [0.717, 1.165) is 0 Å². The van der Waals surface area contributed by atoms with E-state index < -0.39 is 9.67 Å². The van der Waals surface area contributed by atoms with E-state index in [4.69, 9.17) is 11.6 Å². The van der Waals surface area contributed by atoms with Crippen molar-refractivity contribution in [1.82, 2.24) is 15.0 Å². The lowest BCUT2D eigenvalue weighted by Gasteiger charge is -2.11. The fraction of sp³-hybridized carbons (Fsp3) is 0.143. The van der Waals surface area contributed by atoms with Crippen LogP contribution in [-0.2, 0) is 0 Å². The van der Waals surface area contributed by atoms with Gasteiger partial charge >= 0.3 is 0 Å². The Morgan fingerprint density at radius 3 is 2.95 bits per heavy atom. The summed E-state index contributed by atoms with van der Waals surface area (Å²) >= 11 is 10.2. The van der Waals surface area contributed by atoms with Gasteiger partial charge < -0.3 is 4.98 Å². The largest absolute Gasteiger partial charge is 0.355 e. The number of rotatable bonds is 2. The van der Waals surface area contributed by atoms with E-state index in [1.54, 1.807) is 31.3 Å². The Kier molecular flexibility index (Phi) is 3.54. The fourth-order valence-electron chi connectivity index (χ4n) is 2.31. The van der Waals surface area contributed by atoms with Gasteiger partial charge in [-0.3, -0.25) is 10.1 Å². The first-order chi connectivity index (χ1) is 10.4. The quantitative estimate of drug-likeness (QED) is 0.381. The Hall–Kier alpha value is -2.12. The number of aromatic nitrogens is 3. The number of nitro groups is 1. The highest BCUT2D eigenvalue weighted by atomic mass is 35.5. The third kappa shape index (κ3) is 2.65. The van der Waals surface area contributed by atoms with E-state index >= 15 is 0 Å². The molecule has 8 heteroatoms. The highest BCUT2D eigenvalue weighted by Crippen LogP contribution is 2.36. The first-order valence-electron chi connectivity index (χ1n) is 6.37. The van der Waals surface area contributed by atoms with Gasteiger partial charge in [0, 0.05) is 29.6 Å². The third-order valence-corrected chi connectivity index (χ3v) is 3.75. The molecule has 0 saturated heterocycles. The van der Waals surface area contributed by atoms with Crippen molar-refractivity contribution in [2.45, 2.75) is 11.7 Å². The number of fused-ring (bicyclic) bond motifs is 1. The van der Waals surface area contributed by atoms with Crippen LogP contribution in [0.5, 0.6) is 0 Å². The minimum absolute atomic E-state index is 0.0242. The molecule has 6 nitrogen and oxygen atoms in total. The summed E-state index contributed by atoms with van der Waals surface area (Å²) in [6.45, 7) is 1.78. The maximum atomic E-state index is 11.4. The van der Waals surface area contributed by atoms with Gasteiger partial charge in [0.1, 0.15) is 5.69 Å². The van der Waals surface area contributed by atoms with Crippen molar-refractivity contribution in [3.05, 3.63) is 57.3 Å². The fourth-order valence-corrected chi connectivity index (χ4v) is 2.65. The van der Waals surface area contributed by atoms with Crippen molar-refractivity contribution < 1.29 is 4.92 Å². The zero-order valence-corrected chi connectivity index (χ0v) is 13.1. The summed E-state index contributed by atoms with van der Waals surface area (Å²) in [5.41, 5.74) is 2.38. The monoisotopic (exact) mass is 334 g/mol. The highest BCUT2D eigenvalue weighted by Gasteiger charge is 2.29. The number of aromatic amines is 1. The Morgan fingerprint density at radius 1 is 1.50 bits per heavy atom. The topological polar surface area (TPSA) is 84.7 Å². The standard InChI is InChI=1S/C14H11ClN4O2S/c1-14(22)4-2-8-9(10-3-5-16-13(15)18-10)7-17-12(8)11(6-14)19(20)21/h2-7,17,22H,1H3. The van der Waals surface area contributed by atoms with Crippen LogP contribution in [0.3, 0.4) is 0 Å². The second-order valence-electron chi connectivity index (χ2n) is 5.05. The molecule has 22 heavy (non-hydrogen) atoms. The molecule has 2 aromatic heterocycles. The third-order valence-electron chi connectivity index (χ3n) is 3.29. The minimum atomic E-state index is -0.719. The predicted molar refractivity (Wildman–Crippen MR) is 88.2 cm³/mol. The van der Waals surface area contributed by atoms with Gasteiger partial charge in [0.2, 0.25) is 5.28 Å². The summed E-state index contributed by atoms with van der Waals surface area (Å²) in [5, 5.41) is 11.5.